The van der Waals surface area contributed by atoms with Gasteiger partial charge < -0.3 is 19.7 Å². The summed E-state index contributed by atoms with van der Waals surface area (Å²) in [5.41, 5.74) is 1.02. The summed E-state index contributed by atoms with van der Waals surface area (Å²) in [4.78, 5) is 3.43. The van der Waals surface area contributed by atoms with E-state index in [4.69, 9.17) is 9.47 Å². The Morgan fingerprint density at radius 3 is 2.42 bits per heavy atom. The van der Waals surface area contributed by atoms with Crippen LogP contribution in [0.3, 0.4) is 0 Å². The van der Waals surface area contributed by atoms with Gasteiger partial charge in [0.25, 0.3) is 0 Å². The van der Waals surface area contributed by atoms with Crippen LogP contribution in [-0.4, -0.2) is 47.5 Å². The first-order valence-corrected chi connectivity index (χ1v) is 13.7. The number of hydrogen-bond donors (Lipinski definition) is 2. The molecule has 2 aliphatic rings. The van der Waals surface area contributed by atoms with Gasteiger partial charge in [0.15, 0.2) is 0 Å². The normalized spacial score (nSPS) is 18.5. The summed E-state index contributed by atoms with van der Waals surface area (Å²) >= 11 is 1.64. The van der Waals surface area contributed by atoms with Gasteiger partial charge >= 0.3 is 0 Å². The number of benzene rings is 3. The second kappa shape index (κ2) is 14.7. The fraction of sp³-hybridized carbons (Fsp3) is 0.400. The number of fused-ring (bicyclic) bond motifs is 1. The molecule has 2 aliphatic heterocycles. The molecule has 5 nitrogen and oxygen atoms in total. The molecule has 0 radical (unpaired) electrons. The minimum Gasteiger partial charge on any atom is -0.508 e. The van der Waals surface area contributed by atoms with Crippen molar-refractivity contribution in [1.82, 2.24) is 4.90 Å². The maximum atomic E-state index is 9.49. The number of phenolic OH excluding ortho intramolecular Hbond substituents is 2. The highest BCUT2D eigenvalue weighted by molar-refractivity contribution is 7.99. The molecule has 1 fully saturated rings. The molecule has 0 spiro atoms. The van der Waals surface area contributed by atoms with Gasteiger partial charge in [-0.1, -0.05) is 50.6 Å². The Bertz CT molecular complexity index is 1050. The Labute approximate surface area is 220 Å². The quantitative estimate of drug-likeness (QED) is 0.377. The topological polar surface area (TPSA) is 62.2 Å². The van der Waals surface area contributed by atoms with E-state index < -0.39 is 0 Å². The van der Waals surface area contributed by atoms with Crippen LogP contribution in [0.1, 0.15) is 50.8 Å². The van der Waals surface area contributed by atoms with Gasteiger partial charge in [0, 0.05) is 12.6 Å². The molecule has 0 amide bonds. The van der Waals surface area contributed by atoms with E-state index >= 15 is 0 Å². The lowest BCUT2D eigenvalue weighted by Gasteiger charge is -2.25. The van der Waals surface area contributed by atoms with Gasteiger partial charge in [0.2, 0.25) is 0 Å². The average Bonchev–Trinajstić information content (AvgIpc) is 3.29. The van der Waals surface area contributed by atoms with Crippen molar-refractivity contribution in [3.8, 4) is 23.0 Å². The summed E-state index contributed by atoms with van der Waals surface area (Å²) in [5.74, 6) is 2.27. The van der Waals surface area contributed by atoms with Crippen molar-refractivity contribution in [3.63, 3.8) is 0 Å². The van der Waals surface area contributed by atoms with Gasteiger partial charge in [-0.25, -0.2) is 0 Å². The van der Waals surface area contributed by atoms with Crippen molar-refractivity contribution in [2.24, 2.45) is 0 Å². The first kappa shape index (κ1) is 27.8. The van der Waals surface area contributed by atoms with E-state index in [-0.39, 0.29) is 16.7 Å². The number of ether oxygens (including phenoxy) is 2. The number of rotatable bonds is 5. The summed E-state index contributed by atoms with van der Waals surface area (Å²) in [6, 6.07) is 23.1. The Hall–Kier alpha value is -2.83. The first-order chi connectivity index (χ1) is 17.5. The second-order valence-electron chi connectivity index (χ2n) is 9.04. The Balaban J connectivity index is 0.000000184. The molecular weight excluding hydrogens is 470 g/mol. The Morgan fingerprint density at radius 2 is 1.72 bits per heavy atom. The molecule has 6 heteroatoms. The van der Waals surface area contributed by atoms with E-state index in [1.165, 1.54) is 25.8 Å². The molecule has 0 bridgehead atoms. The summed E-state index contributed by atoms with van der Waals surface area (Å²) in [6.45, 7) is 10.2. The third kappa shape index (κ3) is 8.68. The molecule has 2 atom stereocenters. The Kier molecular flexibility index (Phi) is 11.3. The molecule has 3 aromatic carbocycles. The van der Waals surface area contributed by atoms with Crippen LogP contribution in [0.5, 0.6) is 23.0 Å². The lowest BCUT2D eigenvalue weighted by molar-refractivity contribution is 0.204. The van der Waals surface area contributed by atoms with Crippen molar-refractivity contribution in [2.45, 2.75) is 56.2 Å². The zero-order chi connectivity index (χ0) is 25.8. The minimum absolute atomic E-state index is 0.131. The number of aromatic hydroxyl groups is 2. The van der Waals surface area contributed by atoms with Crippen molar-refractivity contribution < 1.29 is 19.7 Å². The number of phenols is 2. The SMILES string of the molecule is CCC.C[C@@H]1CCCN1CCOc1ccccc1.Oc1cccc([C@@H]2COc3ccc(O)cc3S2)c1. The third-order valence-corrected chi connectivity index (χ3v) is 7.18. The monoisotopic (exact) mass is 509 g/mol. The van der Waals surface area contributed by atoms with E-state index in [0.29, 0.717) is 6.61 Å². The highest BCUT2D eigenvalue weighted by Gasteiger charge is 2.23. The van der Waals surface area contributed by atoms with Crippen LogP contribution in [0.25, 0.3) is 0 Å². The number of para-hydroxylation sites is 1. The van der Waals surface area contributed by atoms with Gasteiger partial charge in [-0.15, -0.1) is 11.8 Å². The van der Waals surface area contributed by atoms with Gasteiger partial charge in [0.05, 0.1) is 10.1 Å². The van der Waals surface area contributed by atoms with Crippen LogP contribution in [0, 0.1) is 0 Å². The van der Waals surface area contributed by atoms with Gasteiger partial charge in [-0.05, 0) is 74.3 Å². The largest absolute Gasteiger partial charge is 0.508 e. The van der Waals surface area contributed by atoms with Crippen molar-refractivity contribution >= 4 is 11.8 Å². The zero-order valence-corrected chi connectivity index (χ0v) is 22.4. The van der Waals surface area contributed by atoms with Gasteiger partial charge in [0.1, 0.15) is 36.2 Å². The van der Waals surface area contributed by atoms with Crippen molar-refractivity contribution in [1.29, 1.82) is 0 Å². The molecule has 5 rings (SSSR count). The van der Waals surface area contributed by atoms with Crippen LogP contribution in [0.4, 0.5) is 0 Å². The molecular formula is C30H39NO4S. The van der Waals surface area contributed by atoms with Gasteiger partial charge in [-0.3, -0.25) is 4.90 Å². The summed E-state index contributed by atoms with van der Waals surface area (Å²) < 4.78 is 11.3. The molecule has 1 saturated heterocycles. The van der Waals surface area contributed by atoms with Crippen LogP contribution >= 0.6 is 11.8 Å². The van der Waals surface area contributed by atoms with Crippen LogP contribution in [-0.2, 0) is 0 Å². The van der Waals surface area contributed by atoms with E-state index in [2.05, 4.69) is 25.7 Å². The summed E-state index contributed by atoms with van der Waals surface area (Å²) in [7, 11) is 0. The average molecular weight is 510 g/mol. The fourth-order valence-electron chi connectivity index (χ4n) is 4.07. The Morgan fingerprint density at radius 1 is 0.972 bits per heavy atom. The predicted molar refractivity (Wildman–Crippen MR) is 148 cm³/mol. The minimum atomic E-state index is 0.131. The number of likely N-dealkylation sites (tertiary alicyclic amines) is 1. The molecule has 0 unspecified atom stereocenters. The smallest absolute Gasteiger partial charge is 0.133 e. The molecule has 2 heterocycles. The zero-order valence-electron chi connectivity index (χ0n) is 21.6. The number of thioether (sulfide) groups is 1. The summed E-state index contributed by atoms with van der Waals surface area (Å²) in [5, 5.41) is 19.1. The molecule has 3 aromatic rings. The second-order valence-corrected chi connectivity index (χ2v) is 10.3. The highest BCUT2D eigenvalue weighted by Crippen LogP contribution is 2.45. The maximum absolute atomic E-state index is 9.49. The first-order valence-electron chi connectivity index (χ1n) is 12.8. The standard InChI is InChI=1S/C14H12O3S.C13H19NO.C3H8/c15-10-3-1-2-9(6-10)14-8-17-12-5-4-11(16)7-13(12)18-14;1-12-6-5-9-14(12)10-11-15-13-7-3-2-4-8-13;1-3-2/h1-7,14-16H,8H2;2-4,7-8,12H,5-6,9-11H2,1H3;3H2,1-2H3/t14-;12-;/m01./s1. The fourth-order valence-corrected chi connectivity index (χ4v) is 5.23. The van der Waals surface area contributed by atoms with E-state index in [9.17, 15) is 10.2 Å². The lowest BCUT2D eigenvalue weighted by atomic mass is 10.1. The molecule has 0 saturated carbocycles. The van der Waals surface area contributed by atoms with Crippen molar-refractivity contribution in [2.75, 3.05) is 26.3 Å². The number of nitrogens with zero attached hydrogens (tertiary/aromatic N) is 1. The van der Waals surface area contributed by atoms with Crippen LogP contribution < -0.4 is 9.47 Å². The van der Waals surface area contributed by atoms with Crippen molar-refractivity contribution in [3.05, 3.63) is 78.4 Å². The molecule has 2 N–H and O–H groups in total. The maximum Gasteiger partial charge on any atom is 0.133 e. The molecule has 36 heavy (non-hydrogen) atoms. The molecule has 0 aliphatic carbocycles. The van der Waals surface area contributed by atoms with Gasteiger partial charge in [-0.2, -0.15) is 0 Å². The van der Waals surface area contributed by atoms with E-state index in [1.807, 2.05) is 42.5 Å². The molecule has 0 aromatic heterocycles. The van der Waals surface area contributed by atoms with E-state index in [0.717, 1.165) is 41.2 Å². The lowest BCUT2D eigenvalue weighted by Crippen LogP contribution is -2.31. The van der Waals surface area contributed by atoms with Crippen LogP contribution in [0.15, 0.2) is 77.7 Å². The van der Waals surface area contributed by atoms with Crippen LogP contribution in [0.2, 0.25) is 0 Å². The highest BCUT2D eigenvalue weighted by atomic mass is 32.2. The predicted octanol–water partition coefficient (Wildman–Crippen LogP) is 7.29. The summed E-state index contributed by atoms with van der Waals surface area (Å²) in [6.07, 6.45) is 3.93. The number of hydrogen-bond acceptors (Lipinski definition) is 6. The molecule has 194 valence electrons. The van der Waals surface area contributed by atoms with E-state index in [1.54, 1.807) is 42.1 Å². The third-order valence-electron chi connectivity index (χ3n) is 5.91.